The lowest BCUT2D eigenvalue weighted by Gasteiger charge is -2.12. The lowest BCUT2D eigenvalue weighted by Crippen LogP contribution is -2.24. The fourth-order valence-corrected chi connectivity index (χ4v) is 2.82. The van der Waals surface area contributed by atoms with Crippen LogP contribution in [0.25, 0.3) is 11.0 Å². The zero-order chi connectivity index (χ0) is 17.1. The molecule has 0 saturated carbocycles. The number of aryl methyl sites for hydroxylation is 1. The van der Waals surface area contributed by atoms with E-state index in [1.807, 2.05) is 12.1 Å². The van der Waals surface area contributed by atoms with E-state index in [9.17, 15) is 5.11 Å². The highest BCUT2D eigenvalue weighted by Crippen LogP contribution is 2.29. The fourth-order valence-electron chi connectivity index (χ4n) is 2.82. The van der Waals surface area contributed by atoms with Crippen molar-refractivity contribution >= 4 is 16.9 Å². The Hall–Kier alpha value is -2.38. The number of fused-ring (bicyclic) bond motifs is 1. The normalized spacial score (nSPS) is 12.7. The van der Waals surface area contributed by atoms with Gasteiger partial charge in [-0.05, 0) is 31.5 Å². The molecule has 0 spiro atoms. The van der Waals surface area contributed by atoms with Crippen molar-refractivity contribution in [3.8, 4) is 0 Å². The predicted molar refractivity (Wildman–Crippen MR) is 91.2 cm³/mol. The van der Waals surface area contributed by atoms with E-state index >= 15 is 0 Å². The number of aromatic nitrogens is 3. The quantitative estimate of drug-likeness (QED) is 0.690. The summed E-state index contributed by atoms with van der Waals surface area (Å²) >= 11 is 0. The number of hydrogen-bond donors (Lipinski definition) is 2. The number of nitrogens with zero attached hydrogens (tertiary/aromatic N) is 3. The molecule has 3 rings (SSSR count). The molecule has 7 heteroatoms. The zero-order valence-electron chi connectivity index (χ0n) is 14.1. The second-order valence-corrected chi connectivity index (χ2v) is 5.79. The molecule has 0 fully saturated rings. The zero-order valence-corrected chi connectivity index (χ0v) is 14.1. The van der Waals surface area contributed by atoms with Crippen LogP contribution in [0.15, 0.2) is 29.1 Å². The fraction of sp³-hybridized carbons (Fsp3) is 0.412. The number of aliphatic hydroxyl groups excluding tert-OH is 1. The van der Waals surface area contributed by atoms with E-state index in [2.05, 4.69) is 33.7 Å². The third-order valence-corrected chi connectivity index (χ3v) is 4.16. The molecule has 1 atom stereocenters. The van der Waals surface area contributed by atoms with Crippen LogP contribution in [0.4, 0.5) is 5.82 Å². The minimum atomic E-state index is -0.591. The van der Waals surface area contributed by atoms with Crippen molar-refractivity contribution in [2.24, 2.45) is 0 Å². The van der Waals surface area contributed by atoms with Gasteiger partial charge in [0.05, 0.1) is 30.9 Å². The van der Waals surface area contributed by atoms with Gasteiger partial charge in [-0.2, -0.15) is 0 Å². The molecule has 0 aliphatic heterocycles. The molecule has 7 nitrogen and oxygen atoms in total. The first-order chi connectivity index (χ1) is 11.6. The van der Waals surface area contributed by atoms with Crippen molar-refractivity contribution in [3.05, 3.63) is 41.7 Å². The van der Waals surface area contributed by atoms with Crippen LogP contribution in [0.3, 0.4) is 0 Å². The maximum Gasteiger partial charge on any atom is 0.146 e. The third-order valence-electron chi connectivity index (χ3n) is 4.16. The molecule has 24 heavy (non-hydrogen) atoms. The Balaban J connectivity index is 1.95. The largest absolute Gasteiger partial charge is 0.467 e. The molecular weight excluding hydrogens is 308 g/mol. The molecule has 2 N–H and O–H groups in total. The van der Waals surface area contributed by atoms with Crippen molar-refractivity contribution in [3.63, 3.8) is 0 Å². The van der Waals surface area contributed by atoms with E-state index in [-0.39, 0.29) is 6.61 Å². The first-order valence-electron chi connectivity index (χ1n) is 7.85. The average Bonchev–Trinajstić information content (AvgIpc) is 3.17. The highest BCUT2D eigenvalue weighted by Gasteiger charge is 2.17. The smallest absolute Gasteiger partial charge is 0.146 e. The van der Waals surface area contributed by atoms with E-state index < -0.39 is 6.10 Å². The van der Waals surface area contributed by atoms with E-state index in [0.717, 1.165) is 28.1 Å². The van der Waals surface area contributed by atoms with Crippen molar-refractivity contribution in [1.29, 1.82) is 0 Å². The highest BCUT2D eigenvalue weighted by atomic mass is 16.5. The van der Waals surface area contributed by atoms with Crippen LogP contribution in [0, 0.1) is 13.8 Å². The predicted octanol–water partition coefficient (Wildman–Crippen LogP) is 2.11. The van der Waals surface area contributed by atoms with Crippen LogP contribution in [-0.4, -0.2) is 46.0 Å². The average molecular weight is 330 g/mol. The van der Waals surface area contributed by atoms with Crippen molar-refractivity contribution < 1.29 is 14.3 Å². The number of nitrogens with one attached hydrogen (secondary N) is 1. The molecule has 0 saturated heterocycles. The SMILES string of the molecule is COCC(O)CNc1ncnc2c1c(C)c(C)n2Cc1ccco1. The minimum absolute atomic E-state index is 0.277. The molecule has 0 aliphatic carbocycles. The van der Waals surface area contributed by atoms with E-state index in [1.54, 1.807) is 13.4 Å². The molecule has 1 unspecified atom stereocenters. The van der Waals surface area contributed by atoms with Gasteiger partial charge in [0.25, 0.3) is 0 Å². The monoisotopic (exact) mass is 330 g/mol. The van der Waals surface area contributed by atoms with Crippen LogP contribution in [0.1, 0.15) is 17.0 Å². The maximum atomic E-state index is 9.83. The molecule has 3 aromatic rings. The summed E-state index contributed by atoms with van der Waals surface area (Å²) in [5.41, 5.74) is 3.07. The molecule has 0 bridgehead atoms. The second kappa shape index (κ2) is 7.02. The topological polar surface area (TPSA) is 85.3 Å². The van der Waals surface area contributed by atoms with Crippen LogP contribution in [0.2, 0.25) is 0 Å². The molecule has 0 amide bonds. The Bertz CT molecular complexity index is 811. The first kappa shape index (κ1) is 16.5. The number of rotatable bonds is 7. The van der Waals surface area contributed by atoms with Crippen LogP contribution in [0.5, 0.6) is 0 Å². The van der Waals surface area contributed by atoms with Crippen molar-refractivity contribution in [2.75, 3.05) is 25.6 Å². The summed E-state index contributed by atoms with van der Waals surface area (Å²) in [6, 6.07) is 3.82. The molecule has 0 aromatic carbocycles. The number of aliphatic hydroxyl groups is 1. The highest BCUT2D eigenvalue weighted by molar-refractivity contribution is 5.91. The molecule has 3 aromatic heterocycles. The molecule has 3 heterocycles. The molecular formula is C17H22N4O3. The standard InChI is InChI=1S/C17H22N4O3/c1-11-12(2)21(8-14-5-4-6-24-14)17-15(11)16(19-10-20-17)18-7-13(22)9-23-3/h4-6,10,13,22H,7-9H2,1-3H3,(H,18,19,20). The number of hydrogen-bond acceptors (Lipinski definition) is 6. The van der Waals surface area contributed by atoms with Gasteiger partial charge in [0.2, 0.25) is 0 Å². The molecule has 128 valence electrons. The number of ether oxygens (including phenoxy) is 1. The van der Waals surface area contributed by atoms with Crippen molar-refractivity contribution in [1.82, 2.24) is 14.5 Å². The van der Waals surface area contributed by atoms with Gasteiger partial charge in [-0.1, -0.05) is 0 Å². The van der Waals surface area contributed by atoms with Gasteiger partial charge in [-0.3, -0.25) is 0 Å². The molecule has 0 aliphatic rings. The Morgan fingerprint density at radius 2 is 2.21 bits per heavy atom. The summed E-state index contributed by atoms with van der Waals surface area (Å²) in [5.74, 6) is 1.59. The summed E-state index contributed by atoms with van der Waals surface area (Å²) < 4.78 is 12.5. The Morgan fingerprint density at radius 1 is 1.38 bits per heavy atom. The maximum absolute atomic E-state index is 9.83. The van der Waals surface area contributed by atoms with Crippen LogP contribution >= 0.6 is 0 Å². The summed E-state index contributed by atoms with van der Waals surface area (Å²) in [6.45, 7) is 5.37. The lowest BCUT2D eigenvalue weighted by molar-refractivity contribution is 0.0727. The minimum Gasteiger partial charge on any atom is -0.467 e. The third kappa shape index (κ3) is 3.13. The summed E-state index contributed by atoms with van der Waals surface area (Å²) in [4.78, 5) is 8.79. The number of furan rings is 1. The van der Waals surface area contributed by atoms with Gasteiger partial charge in [0.1, 0.15) is 23.6 Å². The number of anilines is 1. The van der Waals surface area contributed by atoms with E-state index in [4.69, 9.17) is 9.15 Å². The van der Waals surface area contributed by atoms with Crippen LogP contribution < -0.4 is 5.32 Å². The van der Waals surface area contributed by atoms with Gasteiger partial charge in [0, 0.05) is 19.3 Å². The summed E-state index contributed by atoms with van der Waals surface area (Å²) in [7, 11) is 1.56. The first-order valence-corrected chi connectivity index (χ1v) is 7.85. The Labute approximate surface area is 140 Å². The van der Waals surface area contributed by atoms with E-state index in [0.29, 0.717) is 18.9 Å². The molecule has 0 radical (unpaired) electrons. The Kier molecular flexibility index (Phi) is 4.82. The summed E-state index contributed by atoms with van der Waals surface area (Å²) in [5, 5.41) is 14.0. The van der Waals surface area contributed by atoms with Gasteiger partial charge in [0.15, 0.2) is 0 Å². The van der Waals surface area contributed by atoms with Gasteiger partial charge >= 0.3 is 0 Å². The second-order valence-electron chi connectivity index (χ2n) is 5.79. The summed E-state index contributed by atoms with van der Waals surface area (Å²) in [6.07, 6.45) is 2.61. The number of methoxy groups -OCH3 is 1. The van der Waals surface area contributed by atoms with Crippen LogP contribution in [-0.2, 0) is 11.3 Å². The lowest BCUT2D eigenvalue weighted by atomic mass is 10.2. The van der Waals surface area contributed by atoms with E-state index in [1.165, 1.54) is 6.33 Å². The van der Waals surface area contributed by atoms with Gasteiger partial charge in [-0.25, -0.2) is 9.97 Å². The van der Waals surface area contributed by atoms with Gasteiger partial charge in [-0.15, -0.1) is 0 Å². The Morgan fingerprint density at radius 3 is 2.92 bits per heavy atom. The van der Waals surface area contributed by atoms with Gasteiger partial charge < -0.3 is 24.1 Å². The van der Waals surface area contributed by atoms with Crippen molar-refractivity contribution in [2.45, 2.75) is 26.5 Å².